The number of hydrogen-bond acceptors (Lipinski definition) is 6. The molecular formula is C13H12BrClN2O5. The zero-order valence-corrected chi connectivity index (χ0v) is 14.1. The lowest BCUT2D eigenvalue weighted by molar-refractivity contribution is 0.0494. The molecular weight excluding hydrogens is 380 g/mol. The zero-order valence-electron chi connectivity index (χ0n) is 11.7. The Bertz CT molecular complexity index is 731. The lowest BCUT2D eigenvalue weighted by atomic mass is 10.2. The Morgan fingerprint density at radius 2 is 2.05 bits per heavy atom. The van der Waals surface area contributed by atoms with E-state index in [4.69, 9.17) is 25.5 Å². The number of amides is 1. The lowest BCUT2D eigenvalue weighted by Crippen LogP contribution is -2.15. The molecule has 2 aromatic rings. The predicted molar refractivity (Wildman–Crippen MR) is 83.3 cm³/mol. The van der Waals surface area contributed by atoms with Gasteiger partial charge in [0.2, 0.25) is 5.76 Å². The average molecular weight is 392 g/mol. The van der Waals surface area contributed by atoms with Crippen molar-refractivity contribution in [3.8, 4) is 0 Å². The van der Waals surface area contributed by atoms with Gasteiger partial charge in [-0.25, -0.2) is 14.6 Å². The number of esters is 1. The van der Waals surface area contributed by atoms with Crippen LogP contribution in [-0.4, -0.2) is 30.3 Å². The fourth-order valence-electron chi connectivity index (χ4n) is 1.76. The highest BCUT2D eigenvalue weighted by Crippen LogP contribution is 2.36. The first-order valence-electron chi connectivity index (χ1n) is 6.37. The van der Waals surface area contributed by atoms with Gasteiger partial charge < -0.3 is 13.9 Å². The molecule has 0 saturated carbocycles. The summed E-state index contributed by atoms with van der Waals surface area (Å²) in [6.07, 6.45) is -0.722. The molecule has 0 aromatic carbocycles. The van der Waals surface area contributed by atoms with E-state index >= 15 is 0 Å². The van der Waals surface area contributed by atoms with Crippen LogP contribution in [-0.2, 0) is 9.47 Å². The van der Waals surface area contributed by atoms with Crippen molar-refractivity contribution in [1.82, 2.24) is 4.98 Å². The summed E-state index contributed by atoms with van der Waals surface area (Å²) in [5, 5.41) is 3.04. The summed E-state index contributed by atoms with van der Waals surface area (Å²) in [5.41, 5.74) is 0.385. The highest BCUT2D eigenvalue weighted by molar-refractivity contribution is 9.10. The number of carbonyl (C=O) groups is 2. The third kappa shape index (κ3) is 3.33. The van der Waals surface area contributed by atoms with Crippen molar-refractivity contribution in [2.24, 2.45) is 0 Å². The standard InChI is InChI=1S/C13H12BrClN2O5/c1-3-20-12(18)10-8(17-13(19)21-4-2)6-5-7(15)16-11(14)9(6)22-10/h5H,3-4H2,1-2H3,(H,17,19). The van der Waals surface area contributed by atoms with Gasteiger partial charge in [-0.2, -0.15) is 0 Å². The molecule has 0 aliphatic carbocycles. The molecule has 22 heavy (non-hydrogen) atoms. The van der Waals surface area contributed by atoms with Crippen LogP contribution in [0.2, 0.25) is 5.15 Å². The fourth-order valence-corrected chi connectivity index (χ4v) is 2.55. The van der Waals surface area contributed by atoms with Crippen LogP contribution in [0.15, 0.2) is 15.1 Å². The molecule has 1 N–H and O–H groups in total. The number of nitrogens with one attached hydrogen (secondary N) is 1. The van der Waals surface area contributed by atoms with Gasteiger partial charge in [0.25, 0.3) is 0 Å². The molecule has 0 fully saturated rings. The Hall–Kier alpha value is -1.80. The summed E-state index contributed by atoms with van der Waals surface area (Å²) < 4.78 is 15.5. The predicted octanol–water partition coefficient (Wildman–Crippen LogP) is 3.99. The summed E-state index contributed by atoms with van der Waals surface area (Å²) in [5.74, 6) is -0.872. The summed E-state index contributed by atoms with van der Waals surface area (Å²) >= 11 is 9.10. The van der Waals surface area contributed by atoms with Crippen LogP contribution in [0.4, 0.5) is 10.5 Å². The minimum Gasteiger partial charge on any atom is -0.460 e. The number of aromatic nitrogens is 1. The number of carbonyl (C=O) groups excluding carboxylic acids is 2. The highest BCUT2D eigenvalue weighted by atomic mass is 79.9. The van der Waals surface area contributed by atoms with Crippen LogP contribution in [0, 0.1) is 0 Å². The summed E-state index contributed by atoms with van der Waals surface area (Å²) in [7, 11) is 0. The second kappa shape index (κ2) is 6.97. The molecule has 0 radical (unpaired) electrons. The number of furan rings is 1. The van der Waals surface area contributed by atoms with E-state index in [2.05, 4.69) is 26.2 Å². The number of hydrogen-bond donors (Lipinski definition) is 1. The van der Waals surface area contributed by atoms with E-state index in [1.807, 2.05) is 0 Å². The smallest absolute Gasteiger partial charge is 0.411 e. The Labute approximate surface area is 139 Å². The lowest BCUT2D eigenvalue weighted by Gasteiger charge is -2.05. The molecule has 0 saturated heterocycles. The largest absolute Gasteiger partial charge is 0.460 e. The van der Waals surface area contributed by atoms with Gasteiger partial charge in [0, 0.05) is 0 Å². The van der Waals surface area contributed by atoms with Crippen LogP contribution in [0.1, 0.15) is 24.4 Å². The maximum atomic E-state index is 12.0. The van der Waals surface area contributed by atoms with Gasteiger partial charge in [-0.3, -0.25) is 5.32 Å². The summed E-state index contributed by atoms with van der Waals surface area (Å²) in [6, 6.07) is 1.47. The third-order valence-electron chi connectivity index (χ3n) is 2.56. The highest BCUT2D eigenvalue weighted by Gasteiger charge is 2.25. The SMILES string of the molecule is CCOC(=O)Nc1c(C(=O)OCC)oc2c(Br)nc(Cl)cc12. The number of halogens is 2. The molecule has 0 bridgehead atoms. The number of fused-ring (bicyclic) bond motifs is 1. The molecule has 0 spiro atoms. The molecule has 0 aliphatic rings. The average Bonchev–Trinajstić information content (AvgIpc) is 2.78. The van der Waals surface area contributed by atoms with Gasteiger partial charge in [-0.15, -0.1) is 0 Å². The van der Waals surface area contributed by atoms with Gasteiger partial charge in [0.1, 0.15) is 10.8 Å². The van der Waals surface area contributed by atoms with Gasteiger partial charge >= 0.3 is 12.1 Å². The summed E-state index contributed by atoms with van der Waals surface area (Å²) in [4.78, 5) is 27.6. The van der Waals surface area contributed by atoms with Gasteiger partial charge in [-0.1, -0.05) is 11.6 Å². The van der Waals surface area contributed by atoms with Crippen molar-refractivity contribution in [1.29, 1.82) is 0 Å². The number of pyridine rings is 1. The fraction of sp³-hybridized carbons (Fsp3) is 0.308. The number of ether oxygens (including phenoxy) is 2. The normalized spacial score (nSPS) is 10.5. The van der Waals surface area contributed by atoms with Crippen molar-refractivity contribution in [3.05, 3.63) is 21.6 Å². The second-order valence-corrected chi connectivity index (χ2v) is 5.12. The van der Waals surface area contributed by atoms with E-state index in [0.29, 0.717) is 9.99 Å². The van der Waals surface area contributed by atoms with Crippen molar-refractivity contribution in [2.45, 2.75) is 13.8 Å². The molecule has 7 nitrogen and oxygen atoms in total. The van der Waals surface area contributed by atoms with Crippen LogP contribution < -0.4 is 5.32 Å². The third-order valence-corrected chi connectivity index (χ3v) is 3.30. The topological polar surface area (TPSA) is 90.7 Å². The first-order chi connectivity index (χ1) is 10.5. The molecule has 1 amide bonds. The van der Waals surface area contributed by atoms with E-state index in [9.17, 15) is 9.59 Å². The number of nitrogens with zero attached hydrogens (tertiary/aromatic N) is 1. The van der Waals surface area contributed by atoms with Crippen molar-refractivity contribution >= 4 is 56.3 Å². The number of anilines is 1. The minimum atomic E-state index is -0.722. The Morgan fingerprint density at radius 1 is 1.36 bits per heavy atom. The molecule has 0 atom stereocenters. The zero-order chi connectivity index (χ0) is 16.3. The maximum Gasteiger partial charge on any atom is 0.411 e. The Balaban J connectivity index is 2.58. The first-order valence-corrected chi connectivity index (χ1v) is 7.54. The summed E-state index contributed by atoms with van der Waals surface area (Å²) in [6.45, 7) is 3.67. The van der Waals surface area contributed by atoms with E-state index in [1.165, 1.54) is 6.07 Å². The Morgan fingerprint density at radius 3 is 2.68 bits per heavy atom. The van der Waals surface area contributed by atoms with E-state index in [0.717, 1.165) is 0 Å². The van der Waals surface area contributed by atoms with Gasteiger partial charge in [0.05, 0.1) is 18.6 Å². The van der Waals surface area contributed by atoms with Crippen molar-refractivity contribution in [3.63, 3.8) is 0 Å². The monoisotopic (exact) mass is 390 g/mol. The second-order valence-electron chi connectivity index (χ2n) is 3.98. The molecule has 0 aliphatic heterocycles. The van der Waals surface area contributed by atoms with E-state index in [1.54, 1.807) is 13.8 Å². The molecule has 118 valence electrons. The maximum absolute atomic E-state index is 12.0. The van der Waals surface area contributed by atoms with E-state index < -0.39 is 12.1 Å². The Kier molecular flexibility index (Phi) is 5.25. The van der Waals surface area contributed by atoms with Gasteiger partial charge in [0.15, 0.2) is 10.2 Å². The van der Waals surface area contributed by atoms with Crippen LogP contribution >= 0.6 is 27.5 Å². The van der Waals surface area contributed by atoms with E-state index in [-0.39, 0.29) is 35.4 Å². The molecule has 9 heteroatoms. The van der Waals surface area contributed by atoms with Crippen LogP contribution in [0.3, 0.4) is 0 Å². The first kappa shape index (κ1) is 16.6. The van der Waals surface area contributed by atoms with Crippen LogP contribution in [0.5, 0.6) is 0 Å². The minimum absolute atomic E-state index is 0.122. The quantitative estimate of drug-likeness (QED) is 0.626. The molecule has 2 heterocycles. The van der Waals surface area contributed by atoms with Crippen molar-refractivity contribution in [2.75, 3.05) is 18.5 Å². The number of rotatable bonds is 4. The molecule has 2 aromatic heterocycles. The molecule has 2 rings (SSSR count). The van der Waals surface area contributed by atoms with Gasteiger partial charge in [-0.05, 0) is 35.8 Å². The van der Waals surface area contributed by atoms with Crippen LogP contribution in [0.25, 0.3) is 11.0 Å². The van der Waals surface area contributed by atoms with Crippen molar-refractivity contribution < 1.29 is 23.5 Å². The molecule has 0 unspecified atom stereocenters.